The summed E-state index contributed by atoms with van der Waals surface area (Å²) in [6.45, 7) is 5.51. The van der Waals surface area contributed by atoms with Gasteiger partial charge in [0.25, 0.3) is 0 Å². The Hall–Kier alpha value is -1.90. The van der Waals surface area contributed by atoms with E-state index in [1.807, 2.05) is 6.08 Å². The maximum atomic E-state index is 11.4. The molecule has 0 atom stereocenters. The number of hydrogen-bond acceptors (Lipinski definition) is 2. The predicted octanol–water partition coefficient (Wildman–Crippen LogP) is 4.00. The summed E-state index contributed by atoms with van der Waals surface area (Å²) in [6, 6.07) is 6.66. The van der Waals surface area contributed by atoms with Gasteiger partial charge in [-0.25, -0.2) is 0 Å². The second-order valence-corrected chi connectivity index (χ2v) is 5.75. The fraction of sp³-hybridized carbons (Fsp3) is 0.412. The average Bonchev–Trinajstić information content (AvgIpc) is 2.90. The van der Waals surface area contributed by atoms with E-state index in [0.29, 0.717) is 11.8 Å². The molecule has 1 heterocycles. The number of aromatic nitrogens is 2. The van der Waals surface area contributed by atoms with E-state index in [1.165, 1.54) is 5.39 Å². The maximum absolute atomic E-state index is 11.4. The Kier molecular flexibility index (Phi) is 3.43. The van der Waals surface area contributed by atoms with Crippen molar-refractivity contribution in [2.45, 2.75) is 38.6 Å². The van der Waals surface area contributed by atoms with E-state index in [0.717, 1.165) is 36.8 Å². The summed E-state index contributed by atoms with van der Waals surface area (Å²) in [5.41, 5.74) is 2.12. The number of carbonyl (C=O) groups is 1. The molecular formula is C17H20N2O. The van der Waals surface area contributed by atoms with E-state index >= 15 is 0 Å². The molecule has 0 aliphatic heterocycles. The Morgan fingerprint density at radius 3 is 2.75 bits per heavy atom. The summed E-state index contributed by atoms with van der Waals surface area (Å²) in [4.78, 5) is 11.4. The van der Waals surface area contributed by atoms with Gasteiger partial charge in [-0.2, -0.15) is 5.10 Å². The van der Waals surface area contributed by atoms with Crippen LogP contribution in [0.3, 0.4) is 0 Å². The number of fused-ring (bicyclic) bond motifs is 1. The van der Waals surface area contributed by atoms with Crippen molar-refractivity contribution in [1.82, 2.24) is 9.78 Å². The van der Waals surface area contributed by atoms with Crippen LogP contribution in [0.1, 0.15) is 44.2 Å². The fourth-order valence-corrected chi connectivity index (χ4v) is 3.11. The largest absolute Gasteiger partial charge is 0.300 e. The van der Waals surface area contributed by atoms with Crippen LogP contribution in [-0.4, -0.2) is 15.6 Å². The van der Waals surface area contributed by atoms with Crippen LogP contribution in [0.25, 0.3) is 17.0 Å². The van der Waals surface area contributed by atoms with E-state index in [1.54, 1.807) is 6.92 Å². The quantitative estimate of drug-likeness (QED) is 0.843. The fourth-order valence-electron chi connectivity index (χ4n) is 3.11. The molecule has 3 nitrogen and oxygen atoms in total. The molecule has 0 saturated heterocycles. The minimum Gasteiger partial charge on any atom is -0.300 e. The van der Waals surface area contributed by atoms with Gasteiger partial charge >= 0.3 is 0 Å². The lowest BCUT2D eigenvalue weighted by atomic mass is 9.84. The summed E-state index contributed by atoms with van der Waals surface area (Å²) in [5, 5.41) is 5.87. The molecule has 1 fully saturated rings. The van der Waals surface area contributed by atoms with Gasteiger partial charge in [-0.05, 0) is 44.2 Å². The summed E-state index contributed by atoms with van der Waals surface area (Å²) in [5.74, 6) is 0.605. The molecule has 3 heteroatoms. The van der Waals surface area contributed by atoms with Gasteiger partial charge in [0.05, 0.1) is 11.6 Å². The lowest BCUT2D eigenvalue weighted by Crippen LogP contribution is -2.22. The van der Waals surface area contributed by atoms with Crippen LogP contribution in [0.4, 0.5) is 0 Å². The molecule has 1 aromatic heterocycles. The molecule has 0 bridgehead atoms. The van der Waals surface area contributed by atoms with Crippen molar-refractivity contribution >= 4 is 22.8 Å². The van der Waals surface area contributed by atoms with Crippen molar-refractivity contribution in [3.8, 4) is 0 Å². The van der Waals surface area contributed by atoms with Crippen LogP contribution in [-0.2, 0) is 4.79 Å². The standard InChI is InChI=1S/C17H20N2O/c1-3-13-4-5-15-11-19(18-17(15)10-13)16-8-6-14(7-9-16)12(2)20/h3-5,10-11,14,16H,1,6-9H2,2H3. The summed E-state index contributed by atoms with van der Waals surface area (Å²) >= 11 is 0. The van der Waals surface area contributed by atoms with Crippen LogP contribution >= 0.6 is 0 Å². The van der Waals surface area contributed by atoms with Crippen LogP contribution < -0.4 is 0 Å². The van der Waals surface area contributed by atoms with Crippen LogP contribution in [0.15, 0.2) is 31.0 Å². The number of hydrogen-bond donors (Lipinski definition) is 0. The number of ketones is 1. The van der Waals surface area contributed by atoms with Gasteiger partial charge in [0.2, 0.25) is 0 Å². The second-order valence-electron chi connectivity index (χ2n) is 5.75. The van der Waals surface area contributed by atoms with Crippen LogP contribution in [0, 0.1) is 5.92 Å². The molecule has 0 N–H and O–H groups in total. The van der Waals surface area contributed by atoms with Gasteiger partial charge in [0, 0.05) is 17.5 Å². The van der Waals surface area contributed by atoms with Crippen molar-refractivity contribution < 1.29 is 4.79 Å². The molecule has 1 saturated carbocycles. The van der Waals surface area contributed by atoms with E-state index in [4.69, 9.17) is 5.10 Å². The average molecular weight is 268 g/mol. The molecule has 3 rings (SSSR count). The zero-order valence-electron chi connectivity index (χ0n) is 11.9. The Balaban J connectivity index is 1.81. The van der Waals surface area contributed by atoms with Gasteiger partial charge in [0.1, 0.15) is 5.78 Å². The Morgan fingerprint density at radius 2 is 2.10 bits per heavy atom. The van der Waals surface area contributed by atoms with E-state index < -0.39 is 0 Å². The highest BCUT2D eigenvalue weighted by atomic mass is 16.1. The second kappa shape index (κ2) is 5.23. The number of carbonyl (C=O) groups excluding carboxylic acids is 1. The first kappa shape index (κ1) is 13.1. The van der Waals surface area contributed by atoms with Crippen LogP contribution in [0.5, 0.6) is 0 Å². The van der Waals surface area contributed by atoms with E-state index in [9.17, 15) is 4.79 Å². The van der Waals surface area contributed by atoms with Crippen molar-refractivity contribution in [3.05, 3.63) is 36.5 Å². The van der Waals surface area contributed by atoms with E-state index in [2.05, 4.69) is 35.7 Å². The molecule has 0 amide bonds. The van der Waals surface area contributed by atoms with E-state index in [-0.39, 0.29) is 5.92 Å². The molecule has 20 heavy (non-hydrogen) atoms. The number of Topliss-reactive ketones (excluding diaryl/α,β-unsaturated/α-hetero) is 1. The highest BCUT2D eigenvalue weighted by Gasteiger charge is 2.25. The lowest BCUT2D eigenvalue weighted by Gasteiger charge is -2.27. The first-order valence-electron chi connectivity index (χ1n) is 7.29. The molecule has 104 valence electrons. The topological polar surface area (TPSA) is 34.9 Å². The van der Waals surface area contributed by atoms with Gasteiger partial charge < -0.3 is 0 Å². The Labute approximate surface area is 119 Å². The highest BCUT2D eigenvalue weighted by Crippen LogP contribution is 2.33. The third-order valence-electron chi connectivity index (χ3n) is 4.43. The molecule has 0 spiro atoms. The van der Waals surface area contributed by atoms with Crippen molar-refractivity contribution in [3.63, 3.8) is 0 Å². The summed E-state index contributed by atoms with van der Waals surface area (Å²) in [6.07, 6.45) is 8.05. The summed E-state index contributed by atoms with van der Waals surface area (Å²) in [7, 11) is 0. The molecule has 1 aliphatic rings. The monoisotopic (exact) mass is 268 g/mol. The minimum absolute atomic E-state index is 0.267. The Bertz CT molecular complexity index is 648. The number of rotatable bonds is 3. The van der Waals surface area contributed by atoms with Gasteiger partial charge in [-0.15, -0.1) is 0 Å². The van der Waals surface area contributed by atoms with Crippen molar-refractivity contribution in [1.29, 1.82) is 0 Å². The molecule has 1 aromatic carbocycles. The maximum Gasteiger partial charge on any atom is 0.132 e. The highest BCUT2D eigenvalue weighted by molar-refractivity contribution is 5.80. The molecule has 0 radical (unpaired) electrons. The molecule has 0 unspecified atom stereocenters. The van der Waals surface area contributed by atoms with Crippen molar-refractivity contribution in [2.75, 3.05) is 0 Å². The van der Waals surface area contributed by atoms with Crippen molar-refractivity contribution in [2.24, 2.45) is 5.92 Å². The SMILES string of the molecule is C=Cc1ccc2cn(C3CCC(C(C)=O)CC3)nc2c1. The minimum atomic E-state index is 0.267. The predicted molar refractivity (Wildman–Crippen MR) is 81.5 cm³/mol. The Morgan fingerprint density at radius 1 is 1.35 bits per heavy atom. The van der Waals surface area contributed by atoms with Gasteiger partial charge in [-0.3, -0.25) is 9.48 Å². The zero-order valence-corrected chi connectivity index (χ0v) is 11.9. The zero-order chi connectivity index (χ0) is 14.1. The normalized spacial score (nSPS) is 22.9. The van der Waals surface area contributed by atoms with Gasteiger partial charge in [-0.1, -0.05) is 24.8 Å². The lowest BCUT2D eigenvalue weighted by molar-refractivity contribution is -0.121. The summed E-state index contributed by atoms with van der Waals surface area (Å²) < 4.78 is 2.09. The first-order chi connectivity index (χ1) is 9.67. The molecular weight excluding hydrogens is 248 g/mol. The third kappa shape index (κ3) is 2.40. The third-order valence-corrected chi connectivity index (χ3v) is 4.43. The first-order valence-corrected chi connectivity index (χ1v) is 7.29. The van der Waals surface area contributed by atoms with Crippen LogP contribution in [0.2, 0.25) is 0 Å². The van der Waals surface area contributed by atoms with Gasteiger partial charge in [0.15, 0.2) is 0 Å². The molecule has 1 aliphatic carbocycles. The molecule has 2 aromatic rings. The number of nitrogens with zero attached hydrogens (tertiary/aromatic N) is 2. The number of benzene rings is 1. The smallest absolute Gasteiger partial charge is 0.132 e.